The van der Waals surface area contributed by atoms with Gasteiger partial charge in [0.15, 0.2) is 0 Å². The molecule has 0 aliphatic heterocycles. The van der Waals surface area contributed by atoms with E-state index in [4.69, 9.17) is 0 Å². The lowest BCUT2D eigenvalue weighted by Crippen LogP contribution is -1.81. The van der Waals surface area contributed by atoms with Crippen molar-refractivity contribution < 1.29 is 0 Å². The molecule has 58 valence electrons. The zero-order chi connectivity index (χ0) is 7.98. The minimum Gasteiger partial charge on any atom is -0.103 e. The number of hydrogen-bond donors (Lipinski definition) is 0. The van der Waals surface area contributed by atoms with Crippen LogP contribution in [0.4, 0.5) is 0 Å². The average molecular weight is 138 g/mol. The second-order valence-corrected chi connectivity index (χ2v) is 2.74. The summed E-state index contributed by atoms with van der Waals surface area (Å²) in [5.74, 6) is 0. The van der Waals surface area contributed by atoms with Crippen molar-refractivity contribution in [2.75, 3.05) is 0 Å². The number of allylic oxidation sites excluding steroid dienone is 3. The molecule has 0 radical (unpaired) electrons. The van der Waals surface area contributed by atoms with Crippen LogP contribution >= 0.6 is 0 Å². The zero-order valence-electron chi connectivity index (χ0n) is 7.41. The molecule has 0 saturated heterocycles. The van der Waals surface area contributed by atoms with Crippen LogP contribution in [0.25, 0.3) is 0 Å². The van der Waals surface area contributed by atoms with E-state index in [0.717, 1.165) is 6.42 Å². The first-order valence-corrected chi connectivity index (χ1v) is 3.98. The molecule has 0 rings (SSSR count). The topological polar surface area (TPSA) is 0 Å². The summed E-state index contributed by atoms with van der Waals surface area (Å²) in [4.78, 5) is 0. The summed E-state index contributed by atoms with van der Waals surface area (Å²) in [5, 5.41) is 0. The third kappa shape index (κ3) is 3.49. The van der Waals surface area contributed by atoms with E-state index in [0.29, 0.717) is 0 Å². The van der Waals surface area contributed by atoms with Crippen molar-refractivity contribution in [1.29, 1.82) is 0 Å². The van der Waals surface area contributed by atoms with Gasteiger partial charge in [-0.25, -0.2) is 0 Å². The third-order valence-electron chi connectivity index (χ3n) is 1.98. The fourth-order valence-corrected chi connectivity index (χ4v) is 0.834. The molecule has 0 aromatic carbocycles. The van der Waals surface area contributed by atoms with E-state index in [9.17, 15) is 0 Å². The van der Waals surface area contributed by atoms with Crippen LogP contribution in [-0.4, -0.2) is 0 Å². The van der Waals surface area contributed by atoms with Gasteiger partial charge in [-0.3, -0.25) is 0 Å². The lowest BCUT2D eigenvalue weighted by atomic mass is 10.0. The molecule has 0 bridgehead atoms. The molecule has 0 aromatic heterocycles. The molecule has 0 nitrogen and oxygen atoms in total. The summed E-state index contributed by atoms with van der Waals surface area (Å²) >= 11 is 0. The van der Waals surface area contributed by atoms with Crippen molar-refractivity contribution >= 4 is 0 Å². The van der Waals surface area contributed by atoms with E-state index in [1.54, 1.807) is 0 Å². The van der Waals surface area contributed by atoms with Gasteiger partial charge in [0, 0.05) is 0 Å². The van der Waals surface area contributed by atoms with Crippen LogP contribution in [0.5, 0.6) is 0 Å². The van der Waals surface area contributed by atoms with Gasteiger partial charge < -0.3 is 0 Å². The Hall–Kier alpha value is -0.520. The third-order valence-corrected chi connectivity index (χ3v) is 1.98. The molecule has 0 unspecified atom stereocenters. The molecule has 0 aromatic rings. The highest BCUT2D eigenvalue weighted by Crippen LogP contribution is 2.12. The molecule has 0 N–H and O–H groups in total. The monoisotopic (exact) mass is 138 g/mol. The van der Waals surface area contributed by atoms with Gasteiger partial charge in [-0.05, 0) is 33.1 Å². The minimum atomic E-state index is 1.11. The first-order valence-electron chi connectivity index (χ1n) is 3.98. The molecule has 0 heterocycles. The molecule has 0 saturated carbocycles. The van der Waals surface area contributed by atoms with Crippen molar-refractivity contribution in [2.45, 2.75) is 40.0 Å². The highest BCUT2D eigenvalue weighted by Gasteiger charge is 1.91. The second kappa shape index (κ2) is 5.28. The lowest BCUT2D eigenvalue weighted by molar-refractivity contribution is 0.926. The predicted octanol–water partition coefficient (Wildman–Crippen LogP) is 3.70. The Morgan fingerprint density at radius 2 is 1.90 bits per heavy atom. The molecule has 0 atom stereocenters. The number of rotatable bonds is 4. The van der Waals surface area contributed by atoms with E-state index in [2.05, 4.69) is 27.4 Å². The Balaban J connectivity index is 3.79. The maximum Gasteiger partial charge on any atom is -0.0286 e. The van der Waals surface area contributed by atoms with Crippen LogP contribution in [0, 0.1) is 0 Å². The van der Waals surface area contributed by atoms with Crippen LogP contribution in [0.3, 0.4) is 0 Å². The molecule has 0 amide bonds. The minimum absolute atomic E-state index is 1.11. The Morgan fingerprint density at radius 1 is 1.30 bits per heavy atom. The fourth-order valence-electron chi connectivity index (χ4n) is 0.834. The smallest absolute Gasteiger partial charge is 0.0286 e. The van der Waals surface area contributed by atoms with Crippen molar-refractivity contribution in [1.82, 2.24) is 0 Å². The largest absolute Gasteiger partial charge is 0.103 e. The van der Waals surface area contributed by atoms with Gasteiger partial charge in [-0.15, -0.1) is 6.58 Å². The zero-order valence-corrected chi connectivity index (χ0v) is 7.41. The molecular weight excluding hydrogens is 120 g/mol. The molecule has 0 heteroatoms. The van der Waals surface area contributed by atoms with E-state index >= 15 is 0 Å². The van der Waals surface area contributed by atoms with E-state index < -0.39 is 0 Å². The van der Waals surface area contributed by atoms with E-state index in [-0.39, 0.29) is 0 Å². The standard InChI is InChI=1S/C10H18/c1-5-7-8-10(4)9(3)6-2/h5H,1,6-8H2,2-4H3/b10-9+. The maximum absolute atomic E-state index is 3.70. The summed E-state index contributed by atoms with van der Waals surface area (Å²) in [7, 11) is 0. The average Bonchev–Trinajstić information content (AvgIpc) is 1.98. The normalized spacial score (nSPS) is 12.7. The van der Waals surface area contributed by atoms with Gasteiger partial charge in [0.1, 0.15) is 0 Å². The summed E-state index contributed by atoms with van der Waals surface area (Å²) in [6, 6.07) is 0. The highest BCUT2D eigenvalue weighted by atomic mass is 14.0. The fraction of sp³-hybridized carbons (Fsp3) is 0.600. The van der Waals surface area contributed by atoms with Crippen molar-refractivity contribution in [3.8, 4) is 0 Å². The quantitative estimate of drug-likeness (QED) is 0.520. The number of hydrogen-bond acceptors (Lipinski definition) is 0. The summed E-state index contributed by atoms with van der Waals surface area (Å²) in [6.45, 7) is 10.3. The Morgan fingerprint density at radius 3 is 2.30 bits per heavy atom. The second-order valence-electron chi connectivity index (χ2n) is 2.74. The van der Waals surface area contributed by atoms with Crippen LogP contribution in [0.1, 0.15) is 40.0 Å². The Bertz CT molecular complexity index is 129. The molecule has 10 heavy (non-hydrogen) atoms. The molecular formula is C10H18. The molecule has 0 aliphatic rings. The van der Waals surface area contributed by atoms with Crippen molar-refractivity contribution in [2.24, 2.45) is 0 Å². The van der Waals surface area contributed by atoms with Crippen LogP contribution in [0.15, 0.2) is 23.8 Å². The van der Waals surface area contributed by atoms with Gasteiger partial charge in [-0.2, -0.15) is 0 Å². The van der Waals surface area contributed by atoms with E-state index in [1.807, 2.05) is 6.08 Å². The van der Waals surface area contributed by atoms with Crippen LogP contribution in [0.2, 0.25) is 0 Å². The van der Waals surface area contributed by atoms with Gasteiger partial charge in [0.05, 0.1) is 0 Å². The molecule has 0 fully saturated rings. The summed E-state index contributed by atoms with van der Waals surface area (Å²) in [6.07, 6.45) is 5.46. The lowest BCUT2D eigenvalue weighted by Gasteiger charge is -2.02. The van der Waals surface area contributed by atoms with Gasteiger partial charge in [0.2, 0.25) is 0 Å². The molecule has 0 spiro atoms. The Labute approximate surface area is 64.6 Å². The van der Waals surface area contributed by atoms with Gasteiger partial charge in [-0.1, -0.05) is 24.1 Å². The van der Waals surface area contributed by atoms with Gasteiger partial charge in [0.25, 0.3) is 0 Å². The van der Waals surface area contributed by atoms with Crippen molar-refractivity contribution in [3.05, 3.63) is 23.8 Å². The highest BCUT2D eigenvalue weighted by molar-refractivity contribution is 5.09. The maximum atomic E-state index is 3.70. The van der Waals surface area contributed by atoms with Crippen LogP contribution in [-0.2, 0) is 0 Å². The van der Waals surface area contributed by atoms with Gasteiger partial charge >= 0.3 is 0 Å². The SMILES string of the molecule is C=CCC/C(C)=C(\C)CC. The first kappa shape index (κ1) is 9.48. The molecule has 0 aliphatic carbocycles. The van der Waals surface area contributed by atoms with Crippen molar-refractivity contribution in [3.63, 3.8) is 0 Å². The Kier molecular flexibility index (Phi) is 5.00. The summed E-state index contributed by atoms with van der Waals surface area (Å²) < 4.78 is 0. The van der Waals surface area contributed by atoms with E-state index in [1.165, 1.54) is 24.0 Å². The first-order chi connectivity index (χ1) is 4.72. The van der Waals surface area contributed by atoms with Crippen LogP contribution < -0.4 is 0 Å². The predicted molar refractivity (Wildman–Crippen MR) is 48.1 cm³/mol. The summed E-state index contributed by atoms with van der Waals surface area (Å²) in [5.41, 5.74) is 3.06.